The minimum Gasteiger partial charge on any atom is -0.351 e. The molecule has 0 aromatic heterocycles. The SMILES string of the molecule is NC(=O)NPc1ccccc1. The molecular weight excluding hydrogens is 159 g/mol. The molecule has 0 bridgehead atoms. The van der Waals surface area contributed by atoms with E-state index in [4.69, 9.17) is 5.73 Å². The highest BCUT2D eigenvalue weighted by Crippen LogP contribution is 2.01. The summed E-state index contributed by atoms with van der Waals surface area (Å²) in [5, 5.41) is 3.60. The molecule has 1 aromatic carbocycles. The first-order valence-electron chi connectivity index (χ1n) is 3.15. The van der Waals surface area contributed by atoms with Crippen LogP contribution in [0.3, 0.4) is 0 Å². The van der Waals surface area contributed by atoms with E-state index in [0.717, 1.165) is 5.30 Å². The molecule has 11 heavy (non-hydrogen) atoms. The third-order valence-corrected chi connectivity index (χ3v) is 2.10. The molecular formula is C7H9N2OP. The van der Waals surface area contributed by atoms with E-state index in [0.29, 0.717) is 0 Å². The molecule has 4 heteroatoms. The first-order valence-corrected chi connectivity index (χ1v) is 4.15. The van der Waals surface area contributed by atoms with E-state index in [9.17, 15) is 4.79 Å². The van der Waals surface area contributed by atoms with Gasteiger partial charge in [0.25, 0.3) is 0 Å². The van der Waals surface area contributed by atoms with Gasteiger partial charge in [0, 0.05) is 8.73 Å². The van der Waals surface area contributed by atoms with Gasteiger partial charge in [0.2, 0.25) is 0 Å². The quantitative estimate of drug-likeness (QED) is 0.623. The standard InChI is InChI=1S/C7H9N2OP/c8-7(10)9-11-6-4-2-1-3-5-6/h1-5,11H,(H3,8,9,10). The zero-order valence-corrected chi connectivity index (χ0v) is 6.87. The molecule has 0 saturated heterocycles. The summed E-state index contributed by atoms with van der Waals surface area (Å²) in [7, 11) is 0.260. The van der Waals surface area contributed by atoms with Gasteiger partial charge in [-0.05, 0) is 5.30 Å². The van der Waals surface area contributed by atoms with E-state index in [-0.39, 0.29) is 8.73 Å². The Morgan fingerprint density at radius 3 is 2.55 bits per heavy atom. The van der Waals surface area contributed by atoms with Crippen LogP contribution in [0.5, 0.6) is 0 Å². The number of primary amides is 1. The minimum atomic E-state index is -0.479. The molecule has 1 atom stereocenters. The third-order valence-electron chi connectivity index (χ3n) is 1.10. The predicted octanol–water partition coefficient (Wildman–Crippen LogP) is 0.574. The second kappa shape index (κ2) is 3.94. The van der Waals surface area contributed by atoms with E-state index in [1.165, 1.54) is 0 Å². The Hall–Kier alpha value is -1.08. The van der Waals surface area contributed by atoms with Gasteiger partial charge in [-0.3, -0.25) is 0 Å². The normalized spacial score (nSPS) is 10.2. The molecule has 0 heterocycles. The summed E-state index contributed by atoms with van der Waals surface area (Å²) >= 11 is 0. The van der Waals surface area contributed by atoms with Crippen LogP contribution in [0, 0.1) is 0 Å². The maximum atomic E-state index is 10.3. The Morgan fingerprint density at radius 1 is 1.36 bits per heavy atom. The molecule has 2 amide bonds. The third kappa shape index (κ3) is 3.01. The molecule has 3 nitrogen and oxygen atoms in total. The van der Waals surface area contributed by atoms with E-state index in [2.05, 4.69) is 5.09 Å². The fraction of sp³-hybridized carbons (Fsp3) is 0. The highest BCUT2D eigenvalue weighted by Gasteiger charge is 1.91. The first kappa shape index (κ1) is 8.02. The molecule has 0 spiro atoms. The van der Waals surface area contributed by atoms with Crippen LogP contribution in [0.2, 0.25) is 0 Å². The summed E-state index contributed by atoms with van der Waals surface area (Å²) in [6.45, 7) is 0. The highest BCUT2D eigenvalue weighted by atomic mass is 31.1. The van der Waals surface area contributed by atoms with Gasteiger partial charge in [0.15, 0.2) is 0 Å². The van der Waals surface area contributed by atoms with Crippen LogP contribution < -0.4 is 16.1 Å². The van der Waals surface area contributed by atoms with Gasteiger partial charge in [-0.1, -0.05) is 30.3 Å². The van der Waals surface area contributed by atoms with Crippen LogP contribution in [0.1, 0.15) is 0 Å². The average Bonchev–Trinajstić information content (AvgIpc) is 2.03. The van der Waals surface area contributed by atoms with Crippen molar-refractivity contribution < 1.29 is 4.79 Å². The number of urea groups is 1. The second-order valence-electron chi connectivity index (χ2n) is 1.98. The van der Waals surface area contributed by atoms with Gasteiger partial charge in [-0.15, -0.1) is 0 Å². The summed E-state index contributed by atoms with van der Waals surface area (Å²) in [5.74, 6) is 0. The predicted molar refractivity (Wildman–Crippen MR) is 47.1 cm³/mol. The van der Waals surface area contributed by atoms with Crippen molar-refractivity contribution in [3.8, 4) is 0 Å². The molecule has 0 aliphatic heterocycles. The maximum absolute atomic E-state index is 10.3. The summed E-state index contributed by atoms with van der Waals surface area (Å²) in [6, 6.07) is 9.17. The summed E-state index contributed by atoms with van der Waals surface area (Å²) in [4.78, 5) is 10.3. The molecule has 0 aliphatic carbocycles. The number of hydrogen-bond donors (Lipinski definition) is 2. The van der Waals surface area contributed by atoms with Crippen molar-refractivity contribution in [1.82, 2.24) is 5.09 Å². The van der Waals surface area contributed by atoms with Crippen molar-refractivity contribution in [2.45, 2.75) is 0 Å². The van der Waals surface area contributed by atoms with E-state index < -0.39 is 6.03 Å². The van der Waals surface area contributed by atoms with Crippen LogP contribution in [0.15, 0.2) is 30.3 Å². The lowest BCUT2D eigenvalue weighted by molar-refractivity contribution is 0.254. The van der Waals surface area contributed by atoms with Crippen LogP contribution in [0.4, 0.5) is 4.79 Å². The minimum absolute atomic E-state index is 0.260. The van der Waals surface area contributed by atoms with Crippen LogP contribution in [0.25, 0.3) is 0 Å². The lowest BCUT2D eigenvalue weighted by atomic mass is 10.4. The molecule has 0 radical (unpaired) electrons. The Kier molecular flexibility index (Phi) is 2.87. The molecule has 3 N–H and O–H groups in total. The Balaban J connectivity index is 2.45. The molecule has 1 unspecified atom stereocenters. The Bertz CT molecular complexity index is 237. The van der Waals surface area contributed by atoms with Crippen molar-refractivity contribution in [2.75, 3.05) is 0 Å². The molecule has 0 saturated carbocycles. The molecule has 0 fully saturated rings. The van der Waals surface area contributed by atoms with Crippen molar-refractivity contribution in [1.29, 1.82) is 0 Å². The van der Waals surface area contributed by atoms with Gasteiger partial charge in [0.05, 0.1) is 0 Å². The lowest BCUT2D eigenvalue weighted by Crippen LogP contribution is -2.23. The molecule has 0 aliphatic rings. The Labute approximate surface area is 66.8 Å². The number of nitrogens with one attached hydrogen (secondary N) is 1. The van der Waals surface area contributed by atoms with Crippen molar-refractivity contribution in [2.24, 2.45) is 5.73 Å². The van der Waals surface area contributed by atoms with Gasteiger partial charge in [0.1, 0.15) is 0 Å². The first-order chi connectivity index (χ1) is 5.29. The number of carbonyl (C=O) groups excluding carboxylic acids is 1. The maximum Gasteiger partial charge on any atom is 0.315 e. The van der Waals surface area contributed by atoms with Crippen LogP contribution in [-0.4, -0.2) is 6.03 Å². The zero-order chi connectivity index (χ0) is 8.10. The summed E-state index contributed by atoms with van der Waals surface area (Å²) < 4.78 is 0. The largest absolute Gasteiger partial charge is 0.351 e. The van der Waals surface area contributed by atoms with E-state index >= 15 is 0 Å². The number of carbonyl (C=O) groups is 1. The fourth-order valence-electron chi connectivity index (χ4n) is 0.655. The summed E-state index contributed by atoms with van der Waals surface area (Å²) in [5.41, 5.74) is 4.90. The smallest absolute Gasteiger partial charge is 0.315 e. The number of hydrogen-bond acceptors (Lipinski definition) is 1. The van der Waals surface area contributed by atoms with Gasteiger partial charge < -0.3 is 10.8 Å². The van der Waals surface area contributed by atoms with Crippen molar-refractivity contribution in [3.05, 3.63) is 30.3 Å². The second-order valence-corrected chi connectivity index (χ2v) is 3.06. The average molecular weight is 168 g/mol. The van der Waals surface area contributed by atoms with Crippen molar-refractivity contribution >= 4 is 20.1 Å². The molecule has 58 valence electrons. The Morgan fingerprint density at radius 2 is 2.00 bits per heavy atom. The molecule has 1 rings (SSSR count). The topological polar surface area (TPSA) is 55.1 Å². The van der Waals surface area contributed by atoms with Crippen molar-refractivity contribution in [3.63, 3.8) is 0 Å². The van der Waals surface area contributed by atoms with Crippen LogP contribution in [-0.2, 0) is 0 Å². The van der Waals surface area contributed by atoms with E-state index in [1.54, 1.807) is 0 Å². The number of amides is 2. The van der Waals surface area contributed by atoms with Crippen LogP contribution >= 0.6 is 8.73 Å². The monoisotopic (exact) mass is 168 g/mol. The lowest BCUT2D eigenvalue weighted by Gasteiger charge is -1.99. The number of benzene rings is 1. The number of nitrogens with two attached hydrogens (primary N) is 1. The fourth-order valence-corrected chi connectivity index (χ4v) is 1.28. The van der Waals surface area contributed by atoms with Gasteiger partial charge in [-0.2, -0.15) is 0 Å². The van der Waals surface area contributed by atoms with E-state index in [1.807, 2.05) is 30.3 Å². The zero-order valence-electron chi connectivity index (χ0n) is 5.87. The number of rotatable bonds is 2. The van der Waals surface area contributed by atoms with Gasteiger partial charge >= 0.3 is 6.03 Å². The van der Waals surface area contributed by atoms with Gasteiger partial charge in [-0.25, -0.2) is 4.79 Å². The molecule has 1 aromatic rings. The summed E-state index contributed by atoms with van der Waals surface area (Å²) in [6.07, 6.45) is 0. The highest BCUT2D eigenvalue weighted by molar-refractivity contribution is 7.45.